The summed E-state index contributed by atoms with van der Waals surface area (Å²) in [5.41, 5.74) is 1.42. The molecule has 1 amide bonds. The number of nitrogens with zero attached hydrogens (tertiary/aromatic N) is 3. The maximum atomic E-state index is 12.5. The molecule has 0 unspecified atom stereocenters. The van der Waals surface area contributed by atoms with Gasteiger partial charge in [0, 0.05) is 49.2 Å². The molecule has 0 N–H and O–H groups in total. The van der Waals surface area contributed by atoms with Crippen molar-refractivity contribution >= 4 is 46.4 Å². The topological polar surface area (TPSA) is 36.4 Å². The van der Waals surface area contributed by atoms with Gasteiger partial charge in [0.15, 0.2) is 0 Å². The first-order valence-electron chi connectivity index (χ1n) is 7.15. The number of benzene rings is 1. The summed E-state index contributed by atoms with van der Waals surface area (Å²) in [6.45, 7) is 2.55. The molecule has 2 aromatic rings. The van der Waals surface area contributed by atoms with Gasteiger partial charge in [0.25, 0.3) is 5.91 Å². The molecule has 2 heterocycles. The summed E-state index contributed by atoms with van der Waals surface area (Å²) in [7, 11) is 0. The normalized spacial score (nSPS) is 14.9. The quantitative estimate of drug-likeness (QED) is 0.801. The molecule has 0 radical (unpaired) electrons. The molecule has 4 nitrogen and oxygen atoms in total. The van der Waals surface area contributed by atoms with Crippen LogP contribution in [0.2, 0.25) is 15.1 Å². The molecule has 1 aliphatic rings. The lowest BCUT2D eigenvalue weighted by atomic mass is 10.1. The van der Waals surface area contributed by atoms with E-state index in [1.807, 2.05) is 4.90 Å². The van der Waals surface area contributed by atoms with Crippen molar-refractivity contribution in [3.8, 4) is 0 Å². The number of hydrogen-bond donors (Lipinski definition) is 0. The van der Waals surface area contributed by atoms with Gasteiger partial charge in [-0.15, -0.1) is 0 Å². The number of aromatic nitrogens is 1. The van der Waals surface area contributed by atoms with E-state index in [4.69, 9.17) is 34.8 Å². The second-order valence-electron chi connectivity index (χ2n) is 5.24. The summed E-state index contributed by atoms with van der Waals surface area (Å²) in [5, 5.41) is 1.67. The Morgan fingerprint density at radius 2 is 1.48 bits per heavy atom. The van der Waals surface area contributed by atoms with Crippen LogP contribution in [0.15, 0.2) is 36.7 Å². The van der Waals surface area contributed by atoms with E-state index in [0.29, 0.717) is 46.8 Å². The molecule has 1 aromatic heterocycles. The van der Waals surface area contributed by atoms with E-state index in [-0.39, 0.29) is 5.91 Å². The predicted octanol–water partition coefficient (Wildman–Crippen LogP) is 4.00. The molecule has 1 aromatic carbocycles. The standard InChI is InChI=1S/C16H14Cl3N3O/c17-12-3-1-11(2-4-12)16(23)22-7-5-21(6-8-22)15-13(18)9-20-10-14(15)19/h1-4,9-10H,5-8H2. The van der Waals surface area contributed by atoms with Gasteiger partial charge in [-0.05, 0) is 24.3 Å². The van der Waals surface area contributed by atoms with Gasteiger partial charge in [-0.3, -0.25) is 9.78 Å². The molecule has 23 heavy (non-hydrogen) atoms. The van der Waals surface area contributed by atoms with E-state index >= 15 is 0 Å². The molecular formula is C16H14Cl3N3O. The Bertz CT molecular complexity index is 693. The van der Waals surface area contributed by atoms with Gasteiger partial charge >= 0.3 is 0 Å². The molecule has 0 spiro atoms. The number of amides is 1. The highest BCUT2D eigenvalue weighted by molar-refractivity contribution is 6.38. The van der Waals surface area contributed by atoms with Crippen LogP contribution in [0.4, 0.5) is 5.69 Å². The lowest BCUT2D eigenvalue weighted by Crippen LogP contribution is -2.49. The zero-order valence-electron chi connectivity index (χ0n) is 12.2. The van der Waals surface area contributed by atoms with Crippen LogP contribution in [0.25, 0.3) is 0 Å². The Morgan fingerprint density at radius 1 is 0.913 bits per heavy atom. The van der Waals surface area contributed by atoms with Crippen LogP contribution >= 0.6 is 34.8 Å². The first-order valence-corrected chi connectivity index (χ1v) is 8.28. The Morgan fingerprint density at radius 3 is 2.04 bits per heavy atom. The monoisotopic (exact) mass is 369 g/mol. The summed E-state index contributed by atoms with van der Waals surface area (Å²) in [4.78, 5) is 20.4. The minimum atomic E-state index is 0.00763. The molecule has 0 aliphatic carbocycles. The largest absolute Gasteiger partial charge is 0.365 e. The maximum absolute atomic E-state index is 12.5. The van der Waals surface area contributed by atoms with E-state index in [1.165, 1.54) is 0 Å². The molecule has 7 heteroatoms. The van der Waals surface area contributed by atoms with Crippen molar-refractivity contribution in [3.63, 3.8) is 0 Å². The highest BCUT2D eigenvalue weighted by Gasteiger charge is 2.24. The molecule has 0 saturated carbocycles. The lowest BCUT2D eigenvalue weighted by Gasteiger charge is -2.36. The van der Waals surface area contributed by atoms with Crippen molar-refractivity contribution in [2.75, 3.05) is 31.1 Å². The molecule has 0 atom stereocenters. The smallest absolute Gasteiger partial charge is 0.253 e. The number of piperazine rings is 1. The van der Waals surface area contributed by atoms with Gasteiger partial charge in [-0.2, -0.15) is 0 Å². The van der Waals surface area contributed by atoms with Crippen molar-refractivity contribution in [2.24, 2.45) is 0 Å². The highest BCUT2D eigenvalue weighted by Crippen LogP contribution is 2.33. The van der Waals surface area contributed by atoms with Crippen molar-refractivity contribution in [2.45, 2.75) is 0 Å². The number of pyridine rings is 1. The number of carbonyl (C=O) groups excluding carboxylic acids is 1. The summed E-state index contributed by atoms with van der Waals surface area (Å²) in [6, 6.07) is 6.93. The Kier molecular flexibility index (Phi) is 4.95. The molecule has 120 valence electrons. The first kappa shape index (κ1) is 16.4. The van der Waals surface area contributed by atoms with E-state index in [1.54, 1.807) is 36.7 Å². The van der Waals surface area contributed by atoms with Gasteiger partial charge < -0.3 is 9.80 Å². The third kappa shape index (κ3) is 3.55. The number of rotatable bonds is 2. The van der Waals surface area contributed by atoms with Crippen LogP contribution in [0.5, 0.6) is 0 Å². The van der Waals surface area contributed by atoms with E-state index in [9.17, 15) is 4.79 Å². The van der Waals surface area contributed by atoms with Gasteiger partial charge in [-0.25, -0.2) is 0 Å². The van der Waals surface area contributed by atoms with Crippen LogP contribution in [0.3, 0.4) is 0 Å². The average molecular weight is 371 g/mol. The van der Waals surface area contributed by atoms with Crippen molar-refractivity contribution in [1.82, 2.24) is 9.88 Å². The summed E-state index contributed by atoms with van der Waals surface area (Å²) in [5.74, 6) is 0.00763. The van der Waals surface area contributed by atoms with E-state index in [0.717, 1.165) is 5.69 Å². The van der Waals surface area contributed by atoms with Crippen LogP contribution in [-0.2, 0) is 0 Å². The fourth-order valence-corrected chi connectivity index (χ4v) is 3.34. The maximum Gasteiger partial charge on any atom is 0.253 e. The van der Waals surface area contributed by atoms with Crippen LogP contribution in [0.1, 0.15) is 10.4 Å². The van der Waals surface area contributed by atoms with Crippen molar-refractivity contribution < 1.29 is 4.79 Å². The van der Waals surface area contributed by atoms with Gasteiger partial charge in [0.1, 0.15) is 0 Å². The zero-order valence-corrected chi connectivity index (χ0v) is 14.4. The van der Waals surface area contributed by atoms with E-state index in [2.05, 4.69) is 9.88 Å². The predicted molar refractivity (Wildman–Crippen MR) is 93.8 cm³/mol. The Labute approximate surface area is 149 Å². The Balaban J connectivity index is 1.69. The Hall–Kier alpha value is -1.49. The van der Waals surface area contributed by atoms with Gasteiger partial charge in [-0.1, -0.05) is 34.8 Å². The number of halogens is 3. The average Bonchev–Trinajstić information content (AvgIpc) is 2.55. The molecule has 3 rings (SSSR count). The highest BCUT2D eigenvalue weighted by atomic mass is 35.5. The lowest BCUT2D eigenvalue weighted by molar-refractivity contribution is 0.0747. The van der Waals surface area contributed by atoms with Crippen molar-refractivity contribution in [1.29, 1.82) is 0 Å². The third-order valence-electron chi connectivity index (χ3n) is 3.80. The summed E-state index contributed by atoms with van der Waals surface area (Å²) >= 11 is 18.2. The molecule has 1 saturated heterocycles. The minimum absolute atomic E-state index is 0.00763. The van der Waals surface area contributed by atoms with Gasteiger partial charge in [0.05, 0.1) is 15.7 Å². The fraction of sp³-hybridized carbons (Fsp3) is 0.250. The molecule has 1 fully saturated rings. The fourth-order valence-electron chi connectivity index (χ4n) is 2.61. The number of anilines is 1. The summed E-state index contributed by atoms with van der Waals surface area (Å²) < 4.78 is 0. The summed E-state index contributed by atoms with van der Waals surface area (Å²) in [6.07, 6.45) is 3.15. The number of carbonyl (C=O) groups is 1. The SMILES string of the molecule is O=C(c1ccc(Cl)cc1)N1CCN(c2c(Cl)cncc2Cl)CC1. The van der Waals surface area contributed by atoms with Crippen molar-refractivity contribution in [3.05, 3.63) is 57.3 Å². The van der Waals surface area contributed by atoms with Crippen LogP contribution in [0, 0.1) is 0 Å². The van der Waals surface area contributed by atoms with Crippen LogP contribution < -0.4 is 4.90 Å². The second-order valence-corrected chi connectivity index (χ2v) is 6.49. The van der Waals surface area contributed by atoms with Gasteiger partial charge in [0.2, 0.25) is 0 Å². The molecular weight excluding hydrogens is 357 g/mol. The molecule has 0 bridgehead atoms. The first-order chi connectivity index (χ1) is 11.1. The van der Waals surface area contributed by atoms with Crippen LogP contribution in [-0.4, -0.2) is 42.0 Å². The van der Waals surface area contributed by atoms with E-state index < -0.39 is 0 Å². The molecule has 1 aliphatic heterocycles. The number of hydrogen-bond acceptors (Lipinski definition) is 3. The zero-order chi connectivity index (χ0) is 16.4. The minimum Gasteiger partial charge on any atom is -0.365 e. The second kappa shape index (κ2) is 6.95. The third-order valence-corrected chi connectivity index (χ3v) is 4.61.